The molecule has 0 fully saturated rings. The maximum absolute atomic E-state index is 11.0. The molecule has 0 rings (SSSR count). The fourth-order valence-electron chi connectivity index (χ4n) is 0.507. The first kappa shape index (κ1) is 11.5. The maximum Gasteiger partial charge on any atom is 0.411 e. The van der Waals surface area contributed by atoms with Gasteiger partial charge < -0.3 is 9.47 Å². The molecule has 0 aromatic rings. The van der Waals surface area contributed by atoms with Crippen LogP contribution in [-0.2, 0) is 14.3 Å². The monoisotopic (exact) mass is 187 g/mol. The Hall–Kier alpha value is -1.52. The van der Waals surface area contributed by atoms with Gasteiger partial charge >= 0.3 is 12.1 Å². The first-order valence-electron chi connectivity index (χ1n) is 3.82. The van der Waals surface area contributed by atoms with Crippen LogP contribution in [0.5, 0.6) is 0 Å². The van der Waals surface area contributed by atoms with Gasteiger partial charge in [-0.2, -0.15) is 0 Å². The highest BCUT2D eigenvalue weighted by Crippen LogP contribution is 1.92. The molecular weight excluding hydrogens is 174 g/mol. The van der Waals surface area contributed by atoms with Crippen molar-refractivity contribution in [2.75, 3.05) is 13.7 Å². The number of hydrogen-bond donors (Lipinski definition) is 1. The Balaban J connectivity index is 3.83. The first-order chi connectivity index (χ1) is 6.11. The third-order valence-electron chi connectivity index (χ3n) is 1.12. The number of esters is 1. The van der Waals surface area contributed by atoms with E-state index in [1.165, 1.54) is 7.11 Å². The predicted molar refractivity (Wildman–Crippen MR) is 45.9 cm³/mol. The standard InChI is InChI=1S/C8H13NO4/c1-4-5-13-7(10)6(2)9-8(11)12-3/h2,4-5H2,1,3H3,(H,9,11). The minimum atomic E-state index is -0.738. The summed E-state index contributed by atoms with van der Waals surface area (Å²) in [5, 5.41) is 2.11. The van der Waals surface area contributed by atoms with E-state index >= 15 is 0 Å². The summed E-state index contributed by atoms with van der Waals surface area (Å²) >= 11 is 0. The van der Waals surface area contributed by atoms with Crippen molar-refractivity contribution in [3.8, 4) is 0 Å². The Kier molecular flexibility index (Phi) is 5.34. The lowest BCUT2D eigenvalue weighted by Crippen LogP contribution is -2.27. The molecule has 0 spiro atoms. The lowest BCUT2D eigenvalue weighted by Gasteiger charge is -2.06. The molecule has 0 unspecified atom stereocenters. The minimum Gasteiger partial charge on any atom is -0.461 e. The predicted octanol–water partition coefficient (Wildman–Crippen LogP) is 0.809. The fourth-order valence-corrected chi connectivity index (χ4v) is 0.507. The van der Waals surface area contributed by atoms with E-state index in [1.54, 1.807) is 0 Å². The van der Waals surface area contributed by atoms with Gasteiger partial charge in [0.2, 0.25) is 0 Å². The molecule has 0 bridgehead atoms. The average Bonchev–Trinajstić information content (AvgIpc) is 2.13. The van der Waals surface area contributed by atoms with Crippen molar-refractivity contribution >= 4 is 12.1 Å². The highest BCUT2D eigenvalue weighted by Gasteiger charge is 2.10. The van der Waals surface area contributed by atoms with Gasteiger partial charge in [-0.15, -0.1) is 0 Å². The zero-order valence-electron chi connectivity index (χ0n) is 7.75. The summed E-state index contributed by atoms with van der Waals surface area (Å²) in [6.07, 6.45) is -0.0181. The van der Waals surface area contributed by atoms with Gasteiger partial charge in [0, 0.05) is 0 Å². The number of ether oxygens (including phenoxy) is 2. The zero-order chi connectivity index (χ0) is 10.3. The van der Waals surface area contributed by atoms with Crippen LogP contribution in [0, 0.1) is 0 Å². The van der Waals surface area contributed by atoms with E-state index in [1.807, 2.05) is 6.92 Å². The summed E-state index contributed by atoms with van der Waals surface area (Å²) in [6.45, 7) is 5.48. The van der Waals surface area contributed by atoms with Gasteiger partial charge in [0.25, 0.3) is 0 Å². The second-order valence-electron chi connectivity index (χ2n) is 2.23. The van der Waals surface area contributed by atoms with Crippen molar-refractivity contribution in [1.82, 2.24) is 5.32 Å². The Morgan fingerprint density at radius 2 is 2.08 bits per heavy atom. The number of nitrogens with one attached hydrogen (secondary N) is 1. The van der Waals surface area contributed by atoms with Crippen molar-refractivity contribution in [2.24, 2.45) is 0 Å². The summed E-state index contributed by atoms with van der Waals surface area (Å²) in [5.74, 6) is -0.646. The largest absolute Gasteiger partial charge is 0.461 e. The maximum atomic E-state index is 11.0. The molecule has 0 heterocycles. The van der Waals surface area contributed by atoms with Crippen molar-refractivity contribution < 1.29 is 19.1 Å². The van der Waals surface area contributed by atoms with Crippen LogP contribution in [0.3, 0.4) is 0 Å². The molecule has 1 N–H and O–H groups in total. The molecule has 5 nitrogen and oxygen atoms in total. The van der Waals surface area contributed by atoms with E-state index in [-0.39, 0.29) is 5.70 Å². The molecule has 0 aromatic carbocycles. The van der Waals surface area contributed by atoms with E-state index in [0.29, 0.717) is 6.61 Å². The zero-order valence-corrected chi connectivity index (χ0v) is 7.75. The van der Waals surface area contributed by atoms with Crippen LogP contribution in [0.25, 0.3) is 0 Å². The normalized spacial score (nSPS) is 8.77. The minimum absolute atomic E-state index is 0.125. The molecule has 0 atom stereocenters. The van der Waals surface area contributed by atoms with Crippen LogP contribution in [0.4, 0.5) is 4.79 Å². The SMILES string of the molecule is C=C(NC(=O)OC)C(=O)OCCC. The van der Waals surface area contributed by atoms with Crippen LogP contribution in [0.2, 0.25) is 0 Å². The highest BCUT2D eigenvalue weighted by molar-refractivity contribution is 5.91. The van der Waals surface area contributed by atoms with E-state index in [0.717, 1.165) is 6.42 Å². The van der Waals surface area contributed by atoms with Crippen LogP contribution in [-0.4, -0.2) is 25.8 Å². The fraction of sp³-hybridized carbons (Fsp3) is 0.500. The third-order valence-corrected chi connectivity index (χ3v) is 1.12. The van der Waals surface area contributed by atoms with Crippen molar-refractivity contribution in [1.29, 1.82) is 0 Å². The summed E-state index contributed by atoms with van der Waals surface area (Å²) in [5.41, 5.74) is -0.125. The van der Waals surface area contributed by atoms with Gasteiger partial charge in [-0.05, 0) is 6.42 Å². The van der Waals surface area contributed by atoms with Crippen molar-refractivity contribution in [2.45, 2.75) is 13.3 Å². The van der Waals surface area contributed by atoms with Crippen molar-refractivity contribution in [3.05, 3.63) is 12.3 Å². The van der Waals surface area contributed by atoms with E-state index in [2.05, 4.69) is 21.4 Å². The molecule has 0 saturated heterocycles. The number of alkyl carbamates (subject to hydrolysis) is 1. The number of carbonyl (C=O) groups is 2. The van der Waals surface area contributed by atoms with Gasteiger partial charge in [0.1, 0.15) is 5.70 Å². The highest BCUT2D eigenvalue weighted by atomic mass is 16.5. The molecule has 0 aliphatic carbocycles. The molecule has 0 aromatic heterocycles. The molecule has 0 radical (unpaired) electrons. The Bertz CT molecular complexity index is 212. The van der Waals surface area contributed by atoms with Gasteiger partial charge in [-0.3, -0.25) is 5.32 Å². The Labute approximate surface area is 76.7 Å². The lowest BCUT2D eigenvalue weighted by molar-refractivity contribution is -0.139. The first-order valence-corrected chi connectivity index (χ1v) is 3.82. The molecule has 74 valence electrons. The summed E-state index contributed by atoms with van der Waals surface area (Å²) in [6, 6.07) is 0. The smallest absolute Gasteiger partial charge is 0.411 e. The number of hydrogen-bond acceptors (Lipinski definition) is 4. The molecule has 0 aliphatic rings. The molecule has 0 aliphatic heterocycles. The Morgan fingerprint density at radius 1 is 1.46 bits per heavy atom. The number of methoxy groups -OCH3 is 1. The quantitative estimate of drug-likeness (QED) is 0.522. The molecule has 13 heavy (non-hydrogen) atoms. The van der Waals surface area contributed by atoms with Crippen LogP contribution in [0.15, 0.2) is 12.3 Å². The van der Waals surface area contributed by atoms with E-state index in [9.17, 15) is 9.59 Å². The summed E-state index contributed by atoms with van der Waals surface area (Å²) in [7, 11) is 1.19. The summed E-state index contributed by atoms with van der Waals surface area (Å²) in [4.78, 5) is 21.6. The molecule has 0 saturated carbocycles. The lowest BCUT2D eigenvalue weighted by atomic mass is 10.5. The van der Waals surface area contributed by atoms with Crippen LogP contribution >= 0.6 is 0 Å². The summed E-state index contributed by atoms with van der Waals surface area (Å²) < 4.78 is 8.95. The van der Waals surface area contributed by atoms with Crippen LogP contribution < -0.4 is 5.32 Å². The van der Waals surface area contributed by atoms with E-state index in [4.69, 9.17) is 0 Å². The topological polar surface area (TPSA) is 64.6 Å². The average molecular weight is 187 g/mol. The van der Waals surface area contributed by atoms with Crippen molar-refractivity contribution in [3.63, 3.8) is 0 Å². The Morgan fingerprint density at radius 3 is 2.54 bits per heavy atom. The molecule has 5 heteroatoms. The second kappa shape index (κ2) is 6.05. The molecular formula is C8H13NO4. The van der Waals surface area contributed by atoms with Gasteiger partial charge in [-0.25, -0.2) is 9.59 Å². The number of rotatable bonds is 4. The van der Waals surface area contributed by atoms with Gasteiger partial charge in [-0.1, -0.05) is 13.5 Å². The van der Waals surface area contributed by atoms with E-state index < -0.39 is 12.1 Å². The van der Waals surface area contributed by atoms with Gasteiger partial charge in [0.15, 0.2) is 0 Å². The number of carbonyl (C=O) groups excluding carboxylic acids is 2. The van der Waals surface area contributed by atoms with Crippen LogP contribution in [0.1, 0.15) is 13.3 Å². The second-order valence-corrected chi connectivity index (χ2v) is 2.23. The number of amides is 1. The van der Waals surface area contributed by atoms with Gasteiger partial charge in [0.05, 0.1) is 13.7 Å². The third kappa shape index (κ3) is 4.84. The molecule has 1 amide bonds.